The van der Waals surface area contributed by atoms with Crippen molar-refractivity contribution in [2.24, 2.45) is 0 Å². The molecule has 0 bridgehead atoms. The Morgan fingerprint density at radius 1 is 1.06 bits per heavy atom. The predicted octanol–water partition coefficient (Wildman–Crippen LogP) is 4.68. The van der Waals surface area contributed by atoms with Crippen LogP contribution in [0, 0.1) is 11.6 Å². The number of ether oxygens (including phenoxy) is 2. The largest absolute Gasteiger partial charge is 0.493 e. The molecule has 0 saturated heterocycles. The van der Waals surface area contributed by atoms with Gasteiger partial charge in [-0.05, 0) is 60.9 Å². The summed E-state index contributed by atoms with van der Waals surface area (Å²) in [4.78, 5) is 26.1. The van der Waals surface area contributed by atoms with Gasteiger partial charge in [0.05, 0.1) is 7.11 Å². The summed E-state index contributed by atoms with van der Waals surface area (Å²) in [6, 6.07) is 15.5. The lowest BCUT2D eigenvalue weighted by molar-refractivity contribution is -0.137. The third kappa shape index (κ3) is 5.82. The first-order chi connectivity index (χ1) is 17.2. The molecule has 1 aliphatic heterocycles. The molecule has 0 aliphatic carbocycles. The highest BCUT2D eigenvalue weighted by molar-refractivity contribution is 5.97. The number of carbonyl (C=O) groups is 2. The third-order valence-corrected chi connectivity index (χ3v) is 6.18. The number of benzene rings is 3. The Balaban J connectivity index is 1.56. The van der Waals surface area contributed by atoms with Crippen LogP contribution in [0.15, 0.2) is 60.7 Å². The van der Waals surface area contributed by atoms with Gasteiger partial charge in [-0.1, -0.05) is 24.3 Å². The van der Waals surface area contributed by atoms with Gasteiger partial charge in [-0.3, -0.25) is 9.59 Å². The summed E-state index contributed by atoms with van der Waals surface area (Å²) in [7, 11) is 1.47. The quantitative estimate of drug-likeness (QED) is 0.467. The van der Waals surface area contributed by atoms with Crippen LogP contribution >= 0.6 is 0 Å². The molecule has 1 aliphatic rings. The molecule has 0 unspecified atom stereocenters. The Bertz CT molecular complexity index is 1280. The van der Waals surface area contributed by atoms with Crippen molar-refractivity contribution >= 4 is 11.9 Å². The molecule has 1 N–H and O–H groups in total. The van der Waals surface area contributed by atoms with Gasteiger partial charge in [-0.25, -0.2) is 8.78 Å². The van der Waals surface area contributed by atoms with Crippen molar-refractivity contribution in [3.8, 4) is 11.5 Å². The fourth-order valence-electron chi connectivity index (χ4n) is 4.55. The Hall–Kier alpha value is -3.94. The van der Waals surface area contributed by atoms with Crippen molar-refractivity contribution in [1.29, 1.82) is 0 Å². The monoisotopic (exact) mass is 495 g/mol. The van der Waals surface area contributed by atoms with E-state index in [1.807, 2.05) is 6.92 Å². The highest BCUT2D eigenvalue weighted by Crippen LogP contribution is 2.44. The molecule has 0 radical (unpaired) electrons. The van der Waals surface area contributed by atoms with Crippen LogP contribution in [0.1, 0.15) is 34.0 Å². The number of carbonyl (C=O) groups excluding carboxylic acids is 1. The van der Waals surface area contributed by atoms with Crippen molar-refractivity contribution in [2.75, 3.05) is 20.2 Å². The van der Waals surface area contributed by atoms with Crippen molar-refractivity contribution < 1.29 is 33.0 Å². The standard InChI is InChI=1S/C28H27F2NO5/c1-28(15-19-6-8-22(29)9-7-19)16-21-13-20(14-24(35-2)26(21)36-28)27(34)31(17-25(32)33)11-10-18-4-3-5-23(30)12-18/h3-9,12-14H,10-11,15-17H2,1-2H3,(H,32,33)/t28-/m1/s1. The number of amides is 1. The maximum Gasteiger partial charge on any atom is 0.323 e. The highest BCUT2D eigenvalue weighted by Gasteiger charge is 2.38. The number of carboxylic acid groups (broad SMARTS) is 1. The first-order valence-electron chi connectivity index (χ1n) is 11.6. The SMILES string of the molecule is COc1cc(C(=O)N(CCc2cccc(F)c2)CC(=O)O)cc2c1O[C@](C)(Cc1ccc(F)cc1)C2. The number of hydrogen-bond acceptors (Lipinski definition) is 4. The fraction of sp³-hybridized carbons (Fsp3) is 0.286. The number of aliphatic carboxylic acids is 1. The van der Waals surface area contributed by atoms with Gasteiger partial charge in [0.15, 0.2) is 11.5 Å². The topological polar surface area (TPSA) is 76.1 Å². The van der Waals surface area contributed by atoms with Crippen LogP contribution in [0.3, 0.4) is 0 Å². The van der Waals surface area contributed by atoms with Crippen molar-refractivity contribution in [3.63, 3.8) is 0 Å². The lowest BCUT2D eigenvalue weighted by Gasteiger charge is -2.24. The second-order valence-corrected chi connectivity index (χ2v) is 9.20. The number of nitrogens with zero attached hydrogens (tertiary/aromatic N) is 1. The van der Waals surface area contributed by atoms with Gasteiger partial charge in [0.2, 0.25) is 0 Å². The van der Waals surface area contributed by atoms with Gasteiger partial charge in [-0.15, -0.1) is 0 Å². The van der Waals surface area contributed by atoms with E-state index in [-0.39, 0.29) is 17.9 Å². The van der Waals surface area contributed by atoms with Gasteiger partial charge < -0.3 is 19.5 Å². The van der Waals surface area contributed by atoms with Crippen molar-refractivity contribution in [1.82, 2.24) is 4.90 Å². The highest BCUT2D eigenvalue weighted by atomic mass is 19.1. The summed E-state index contributed by atoms with van der Waals surface area (Å²) >= 11 is 0. The molecule has 1 heterocycles. The van der Waals surface area contributed by atoms with Crippen molar-refractivity contribution in [3.05, 3.63) is 94.6 Å². The average molecular weight is 496 g/mol. The Morgan fingerprint density at radius 2 is 1.81 bits per heavy atom. The molecule has 1 amide bonds. The summed E-state index contributed by atoms with van der Waals surface area (Å²) in [5.41, 5.74) is 1.98. The number of methoxy groups -OCH3 is 1. The average Bonchev–Trinajstić information content (AvgIpc) is 3.17. The van der Waals surface area contributed by atoms with Crippen LogP contribution in [-0.4, -0.2) is 47.7 Å². The van der Waals surface area contributed by atoms with Crippen LogP contribution in [0.25, 0.3) is 0 Å². The minimum absolute atomic E-state index is 0.104. The van der Waals surface area contributed by atoms with Crippen LogP contribution in [0.5, 0.6) is 11.5 Å². The van der Waals surface area contributed by atoms with Crippen LogP contribution < -0.4 is 9.47 Å². The molecule has 3 aromatic carbocycles. The zero-order valence-electron chi connectivity index (χ0n) is 20.1. The summed E-state index contributed by atoms with van der Waals surface area (Å²) in [5, 5.41) is 9.38. The number of rotatable bonds is 9. The van der Waals surface area contributed by atoms with E-state index in [0.717, 1.165) is 11.1 Å². The van der Waals surface area contributed by atoms with E-state index in [1.54, 1.807) is 36.4 Å². The Morgan fingerprint density at radius 3 is 2.47 bits per heavy atom. The van der Waals surface area contributed by atoms with E-state index in [0.29, 0.717) is 36.3 Å². The van der Waals surface area contributed by atoms with Crippen LogP contribution in [-0.2, 0) is 24.1 Å². The zero-order chi connectivity index (χ0) is 25.9. The minimum atomic E-state index is -1.15. The molecule has 0 fully saturated rings. The molecule has 36 heavy (non-hydrogen) atoms. The maximum atomic E-state index is 13.5. The second kappa shape index (κ2) is 10.4. The van der Waals surface area contributed by atoms with Gasteiger partial charge >= 0.3 is 5.97 Å². The number of fused-ring (bicyclic) bond motifs is 1. The molecule has 3 aromatic rings. The number of carboxylic acids is 1. The molecule has 8 heteroatoms. The van der Waals surface area contributed by atoms with E-state index in [9.17, 15) is 23.5 Å². The summed E-state index contributed by atoms with van der Waals surface area (Å²) in [6.45, 7) is 1.55. The van der Waals surface area contributed by atoms with Crippen LogP contribution in [0.2, 0.25) is 0 Å². The molecule has 6 nitrogen and oxygen atoms in total. The van der Waals surface area contributed by atoms with E-state index < -0.39 is 29.8 Å². The van der Waals surface area contributed by atoms with Crippen molar-refractivity contribution in [2.45, 2.75) is 31.8 Å². The second-order valence-electron chi connectivity index (χ2n) is 9.20. The number of hydrogen-bond donors (Lipinski definition) is 1. The van der Waals surface area contributed by atoms with E-state index in [2.05, 4.69) is 0 Å². The van der Waals surface area contributed by atoms with Gasteiger partial charge in [0.1, 0.15) is 23.8 Å². The lowest BCUT2D eigenvalue weighted by Crippen LogP contribution is -2.37. The fourth-order valence-corrected chi connectivity index (χ4v) is 4.55. The molecular formula is C28H27F2NO5. The molecule has 188 valence electrons. The normalized spacial score (nSPS) is 16.2. The molecule has 0 aromatic heterocycles. The summed E-state index contributed by atoms with van der Waals surface area (Å²) in [6.07, 6.45) is 1.31. The minimum Gasteiger partial charge on any atom is -0.493 e. The molecular weight excluding hydrogens is 468 g/mol. The molecule has 0 spiro atoms. The Labute approximate surface area is 208 Å². The first kappa shape index (κ1) is 25.2. The first-order valence-corrected chi connectivity index (χ1v) is 11.6. The van der Waals surface area contributed by atoms with E-state index in [1.165, 1.54) is 36.3 Å². The van der Waals surface area contributed by atoms with Gasteiger partial charge in [-0.2, -0.15) is 0 Å². The van der Waals surface area contributed by atoms with Gasteiger partial charge in [0.25, 0.3) is 5.91 Å². The molecule has 1 atom stereocenters. The maximum absolute atomic E-state index is 13.5. The zero-order valence-corrected chi connectivity index (χ0v) is 20.1. The smallest absolute Gasteiger partial charge is 0.323 e. The van der Waals surface area contributed by atoms with Gasteiger partial charge in [0, 0.05) is 30.5 Å². The van der Waals surface area contributed by atoms with E-state index >= 15 is 0 Å². The van der Waals surface area contributed by atoms with E-state index in [4.69, 9.17) is 9.47 Å². The third-order valence-electron chi connectivity index (χ3n) is 6.18. The summed E-state index contributed by atoms with van der Waals surface area (Å²) in [5.74, 6) is -1.42. The summed E-state index contributed by atoms with van der Waals surface area (Å²) < 4.78 is 38.6. The molecule has 4 rings (SSSR count). The predicted molar refractivity (Wildman–Crippen MR) is 129 cm³/mol. The Kier molecular flexibility index (Phi) is 7.24. The number of halogens is 2. The lowest BCUT2D eigenvalue weighted by atomic mass is 9.91. The molecule has 0 saturated carbocycles. The van der Waals surface area contributed by atoms with Crippen LogP contribution in [0.4, 0.5) is 8.78 Å².